The molecule has 114 valence electrons. The van der Waals surface area contributed by atoms with Crippen molar-refractivity contribution in [2.24, 2.45) is 16.8 Å². The Bertz CT molecular complexity index is 541. The molecule has 2 aliphatic rings. The van der Waals surface area contributed by atoms with Crippen molar-refractivity contribution in [1.82, 2.24) is 4.98 Å². The van der Waals surface area contributed by atoms with Gasteiger partial charge < -0.3 is 15.8 Å². The van der Waals surface area contributed by atoms with Crippen molar-refractivity contribution in [3.8, 4) is 0 Å². The van der Waals surface area contributed by atoms with Gasteiger partial charge in [-0.05, 0) is 50.2 Å². The van der Waals surface area contributed by atoms with Gasteiger partial charge in [0.25, 0.3) is 0 Å². The minimum absolute atomic E-state index is 0.161. The number of pyridine rings is 1. The van der Waals surface area contributed by atoms with Crippen LogP contribution in [0, 0.1) is 12.8 Å². The molecular formula is C16H24N4O. The number of aryl methyl sites for hydroxylation is 1. The molecule has 0 bridgehead atoms. The van der Waals surface area contributed by atoms with Gasteiger partial charge in [-0.1, -0.05) is 18.0 Å². The van der Waals surface area contributed by atoms with Gasteiger partial charge in [-0.15, -0.1) is 0 Å². The lowest BCUT2D eigenvalue weighted by Gasteiger charge is -2.45. The van der Waals surface area contributed by atoms with E-state index in [1.807, 2.05) is 19.2 Å². The number of amidine groups is 1. The van der Waals surface area contributed by atoms with E-state index in [1.165, 1.54) is 38.5 Å². The molecule has 1 aromatic rings. The largest absolute Gasteiger partial charge is 0.409 e. The van der Waals surface area contributed by atoms with E-state index in [-0.39, 0.29) is 5.84 Å². The van der Waals surface area contributed by atoms with Crippen LogP contribution in [0.1, 0.15) is 49.7 Å². The van der Waals surface area contributed by atoms with Gasteiger partial charge in [0.05, 0.1) is 5.56 Å². The van der Waals surface area contributed by atoms with Crippen LogP contribution in [-0.2, 0) is 0 Å². The number of aromatic nitrogens is 1. The van der Waals surface area contributed by atoms with Gasteiger partial charge in [-0.25, -0.2) is 4.98 Å². The highest BCUT2D eigenvalue weighted by Crippen LogP contribution is 2.38. The van der Waals surface area contributed by atoms with Crippen LogP contribution in [0.3, 0.4) is 0 Å². The van der Waals surface area contributed by atoms with E-state index in [9.17, 15) is 0 Å². The summed E-state index contributed by atoms with van der Waals surface area (Å²) in [5.41, 5.74) is 7.70. The Hall–Kier alpha value is -1.78. The molecule has 1 aromatic heterocycles. The molecule has 2 fully saturated rings. The number of fused-ring (bicyclic) bond motifs is 1. The van der Waals surface area contributed by atoms with Crippen molar-refractivity contribution in [3.05, 3.63) is 23.4 Å². The SMILES string of the molecule is Cc1ccnc(N2CCC[C@H]3CCCC[C@H]32)c1/C(N)=N/O. The van der Waals surface area contributed by atoms with Crippen LogP contribution in [-0.4, -0.2) is 28.6 Å². The average molecular weight is 288 g/mol. The summed E-state index contributed by atoms with van der Waals surface area (Å²) in [4.78, 5) is 6.99. The summed E-state index contributed by atoms with van der Waals surface area (Å²) in [7, 11) is 0. The lowest BCUT2D eigenvalue weighted by atomic mass is 9.78. The highest BCUT2D eigenvalue weighted by molar-refractivity contribution is 6.02. The third kappa shape index (κ3) is 2.57. The first-order chi connectivity index (χ1) is 10.2. The van der Waals surface area contributed by atoms with Gasteiger partial charge in [0, 0.05) is 18.8 Å². The number of nitrogens with zero attached hydrogens (tertiary/aromatic N) is 3. The van der Waals surface area contributed by atoms with Crippen LogP contribution in [0.5, 0.6) is 0 Å². The smallest absolute Gasteiger partial charge is 0.174 e. The maximum absolute atomic E-state index is 9.08. The van der Waals surface area contributed by atoms with Gasteiger partial charge in [0.2, 0.25) is 0 Å². The molecule has 1 saturated carbocycles. The first-order valence-electron chi connectivity index (χ1n) is 7.92. The molecule has 5 heteroatoms. The zero-order chi connectivity index (χ0) is 14.8. The van der Waals surface area contributed by atoms with Crippen LogP contribution in [0.2, 0.25) is 0 Å². The van der Waals surface area contributed by atoms with Crippen molar-refractivity contribution in [2.45, 2.75) is 51.5 Å². The Morgan fingerprint density at radius 1 is 1.33 bits per heavy atom. The second-order valence-corrected chi connectivity index (χ2v) is 6.26. The monoisotopic (exact) mass is 288 g/mol. The maximum atomic E-state index is 9.08. The summed E-state index contributed by atoms with van der Waals surface area (Å²) in [6.07, 6.45) is 9.55. The van der Waals surface area contributed by atoms with E-state index in [2.05, 4.69) is 15.0 Å². The molecular weight excluding hydrogens is 264 g/mol. The number of hydrogen-bond donors (Lipinski definition) is 2. The standard InChI is InChI=1S/C16H24N4O/c1-11-8-9-18-16(14(11)15(17)19-21)20-10-4-6-12-5-2-3-7-13(12)20/h8-9,12-13,21H,2-7,10H2,1H3,(H2,17,19)/t12-,13-/m1/s1. The Kier molecular flexibility index (Phi) is 3.99. The number of anilines is 1. The minimum atomic E-state index is 0.161. The molecule has 0 amide bonds. The summed E-state index contributed by atoms with van der Waals surface area (Å²) in [5, 5.41) is 12.3. The van der Waals surface area contributed by atoms with Gasteiger partial charge >= 0.3 is 0 Å². The third-order valence-corrected chi connectivity index (χ3v) is 5.02. The van der Waals surface area contributed by atoms with Crippen molar-refractivity contribution < 1.29 is 5.21 Å². The molecule has 1 aliphatic carbocycles. The number of oxime groups is 1. The molecule has 1 saturated heterocycles. The van der Waals surface area contributed by atoms with E-state index < -0.39 is 0 Å². The Labute approximate surface area is 125 Å². The van der Waals surface area contributed by atoms with E-state index in [0.717, 1.165) is 29.4 Å². The number of rotatable bonds is 2. The predicted octanol–water partition coefficient (Wildman–Crippen LogP) is 2.64. The molecule has 1 aliphatic heterocycles. The highest BCUT2D eigenvalue weighted by atomic mass is 16.4. The Balaban J connectivity index is 2.01. The topological polar surface area (TPSA) is 74.7 Å². The Morgan fingerprint density at radius 3 is 2.90 bits per heavy atom. The second-order valence-electron chi connectivity index (χ2n) is 6.26. The average Bonchev–Trinajstić information content (AvgIpc) is 2.53. The summed E-state index contributed by atoms with van der Waals surface area (Å²) in [6.45, 7) is 3.00. The van der Waals surface area contributed by atoms with Crippen molar-refractivity contribution >= 4 is 11.7 Å². The van der Waals surface area contributed by atoms with Gasteiger partial charge in [0.1, 0.15) is 5.82 Å². The minimum Gasteiger partial charge on any atom is -0.409 e. The lowest BCUT2D eigenvalue weighted by Crippen LogP contribution is -2.48. The number of nitrogens with two attached hydrogens (primary N) is 1. The van der Waals surface area contributed by atoms with Crippen LogP contribution < -0.4 is 10.6 Å². The molecule has 0 aromatic carbocycles. The second kappa shape index (κ2) is 5.92. The maximum Gasteiger partial charge on any atom is 0.174 e. The molecule has 3 N–H and O–H groups in total. The van der Waals surface area contributed by atoms with Crippen molar-refractivity contribution in [1.29, 1.82) is 0 Å². The van der Waals surface area contributed by atoms with Crippen LogP contribution >= 0.6 is 0 Å². The fourth-order valence-corrected chi connectivity index (χ4v) is 4.02. The van der Waals surface area contributed by atoms with Crippen LogP contribution in [0.15, 0.2) is 17.4 Å². The van der Waals surface area contributed by atoms with E-state index >= 15 is 0 Å². The lowest BCUT2D eigenvalue weighted by molar-refractivity contribution is 0.242. The number of hydrogen-bond acceptors (Lipinski definition) is 4. The fraction of sp³-hybridized carbons (Fsp3) is 0.625. The summed E-state index contributed by atoms with van der Waals surface area (Å²) in [6, 6.07) is 2.48. The van der Waals surface area contributed by atoms with Crippen LogP contribution in [0.4, 0.5) is 5.82 Å². The van der Waals surface area contributed by atoms with Crippen molar-refractivity contribution in [2.75, 3.05) is 11.4 Å². The zero-order valence-electron chi connectivity index (χ0n) is 12.6. The molecule has 3 rings (SSSR count). The fourth-order valence-electron chi connectivity index (χ4n) is 4.02. The quantitative estimate of drug-likeness (QED) is 0.380. The molecule has 21 heavy (non-hydrogen) atoms. The van der Waals surface area contributed by atoms with Gasteiger partial charge in [0.15, 0.2) is 5.84 Å². The molecule has 2 atom stereocenters. The van der Waals surface area contributed by atoms with Gasteiger partial charge in [-0.3, -0.25) is 0 Å². The molecule has 0 spiro atoms. The first-order valence-corrected chi connectivity index (χ1v) is 7.92. The van der Waals surface area contributed by atoms with Crippen LogP contribution in [0.25, 0.3) is 0 Å². The van der Waals surface area contributed by atoms with Gasteiger partial charge in [-0.2, -0.15) is 0 Å². The first kappa shape index (κ1) is 14.2. The normalized spacial score (nSPS) is 26.5. The van der Waals surface area contributed by atoms with E-state index in [0.29, 0.717) is 6.04 Å². The summed E-state index contributed by atoms with van der Waals surface area (Å²) < 4.78 is 0. The third-order valence-electron chi connectivity index (χ3n) is 5.02. The summed E-state index contributed by atoms with van der Waals surface area (Å²) in [5.74, 6) is 1.82. The van der Waals surface area contributed by atoms with E-state index in [1.54, 1.807) is 0 Å². The molecule has 0 unspecified atom stereocenters. The predicted molar refractivity (Wildman–Crippen MR) is 83.8 cm³/mol. The van der Waals surface area contributed by atoms with Crippen molar-refractivity contribution in [3.63, 3.8) is 0 Å². The number of piperidine rings is 1. The molecule has 0 radical (unpaired) electrons. The molecule has 5 nitrogen and oxygen atoms in total. The molecule has 2 heterocycles. The summed E-state index contributed by atoms with van der Waals surface area (Å²) >= 11 is 0. The highest BCUT2D eigenvalue weighted by Gasteiger charge is 2.35. The van der Waals surface area contributed by atoms with E-state index in [4.69, 9.17) is 10.9 Å². The Morgan fingerprint density at radius 2 is 2.10 bits per heavy atom. The zero-order valence-corrected chi connectivity index (χ0v) is 12.6.